The highest BCUT2D eigenvalue weighted by Gasteiger charge is 2.17. The molecule has 1 heterocycles. The van der Waals surface area contributed by atoms with Crippen LogP contribution >= 0.6 is 46.6 Å². The average molecular weight is 431 g/mol. The summed E-state index contributed by atoms with van der Waals surface area (Å²) in [6.07, 6.45) is 1.44. The molecular formula is C17H11Cl3FN3OS. The second-order valence-corrected chi connectivity index (χ2v) is 7.52. The zero-order chi connectivity index (χ0) is 18.7. The minimum atomic E-state index is -0.564. The van der Waals surface area contributed by atoms with E-state index < -0.39 is 6.03 Å². The number of benzene rings is 2. The molecule has 26 heavy (non-hydrogen) atoms. The van der Waals surface area contributed by atoms with Crippen LogP contribution in [0.5, 0.6) is 0 Å². The maximum Gasteiger partial charge on any atom is 0.339 e. The number of halogens is 4. The first-order chi connectivity index (χ1) is 12.4. The lowest BCUT2D eigenvalue weighted by atomic mass is 10.1. The van der Waals surface area contributed by atoms with Crippen molar-refractivity contribution in [2.75, 3.05) is 11.1 Å². The number of hydrazone groups is 1. The molecule has 1 aliphatic heterocycles. The van der Waals surface area contributed by atoms with Crippen LogP contribution in [0.4, 0.5) is 14.9 Å². The number of hydrogen-bond donors (Lipinski definition) is 2. The molecule has 2 amide bonds. The lowest BCUT2D eigenvalue weighted by Crippen LogP contribution is -2.24. The Kier molecular flexibility index (Phi) is 6.09. The molecule has 4 nitrogen and oxygen atoms in total. The minimum absolute atomic E-state index is 0.363. The monoisotopic (exact) mass is 429 g/mol. The number of hydrogen-bond acceptors (Lipinski definition) is 3. The maximum absolute atomic E-state index is 13.4. The third-order valence-electron chi connectivity index (χ3n) is 3.35. The van der Waals surface area contributed by atoms with E-state index >= 15 is 0 Å². The van der Waals surface area contributed by atoms with E-state index in [1.54, 1.807) is 24.3 Å². The molecular weight excluding hydrogens is 420 g/mol. The van der Waals surface area contributed by atoms with Crippen molar-refractivity contribution < 1.29 is 9.18 Å². The van der Waals surface area contributed by atoms with Gasteiger partial charge in [0, 0.05) is 37.5 Å². The third kappa shape index (κ3) is 4.71. The van der Waals surface area contributed by atoms with Crippen molar-refractivity contribution >= 4 is 69.5 Å². The first-order valence-electron chi connectivity index (χ1n) is 7.30. The maximum atomic E-state index is 13.4. The molecule has 0 saturated heterocycles. The summed E-state index contributed by atoms with van der Waals surface area (Å²) >= 11 is 19.6. The Morgan fingerprint density at radius 3 is 2.62 bits per heavy atom. The van der Waals surface area contributed by atoms with Gasteiger partial charge in [0.05, 0.1) is 11.2 Å². The van der Waals surface area contributed by atoms with Gasteiger partial charge in [-0.15, -0.1) is 11.8 Å². The summed E-state index contributed by atoms with van der Waals surface area (Å²) in [5.74, 6) is 0.201. The van der Waals surface area contributed by atoms with Crippen molar-refractivity contribution in [2.45, 2.75) is 4.90 Å². The molecule has 0 radical (unpaired) electrons. The van der Waals surface area contributed by atoms with Crippen LogP contribution in [-0.2, 0) is 0 Å². The van der Waals surface area contributed by atoms with Crippen LogP contribution in [0.1, 0.15) is 5.56 Å². The highest BCUT2D eigenvalue weighted by Crippen LogP contribution is 2.38. The van der Waals surface area contributed by atoms with Gasteiger partial charge in [-0.3, -0.25) is 0 Å². The quantitative estimate of drug-likeness (QED) is 0.464. The number of nitrogens with zero attached hydrogens (tertiary/aromatic N) is 1. The molecule has 3 rings (SSSR count). The summed E-state index contributed by atoms with van der Waals surface area (Å²) in [4.78, 5) is 12.8. The third-order valence-corrected chi connectivity index (χ3v) is 5.36. The van der Waals surface area contributed by atoms with Gasteiger partial charge in [-0.1, -0.05) is 34.8 Å². The van der Waals surface area contributed by atoms with Crippen molar-refractivity contribution in [1.82, 2.24) is 5.43 Å². The Hall–Kier alpha value is -1.73. The molecule has 0 saturated carbocycles. The Morgan fingerprint density at radius 1 is 1.15 bits per heavy atom. The number of urea groups is 1. The molecule has 0 aliphatic carbocycles. The predicted octanol–water partition coefficient (Wildman–Crippen LogP) is 6.00. The normalized spacial score (nSPS) is 13.7. The molecule has 0 aromatic heterocycles. The number of rotatable bonds is 3. The first-order valence-corrected chi connectivity index (χ1v) is 9.42. The van der Waals surface area contributed by atoms with Gasteiger partial charge in [-0.2, -0.15) is 5.10 Å². The lowest BCUT2D eigenvalue weighted by Gasteiger charge is -2.16. The van der Waals surface area contributed by atoms with E-state index in [1.807, 2.05) is 0 Å². The van der Waals surface area contributed by atoms with Gasteiger partial charge in [0.15, 0.2) is 0 Å². The topological polar surface area (TPSA) is 53.5 Å². The largest absolute Gasteiger partial charge is 0.339 e. The standard InChI is InChI=1S/C17H11Cl3FN3OS/c18-10-3-11(19)5-13(4-10)23-17(25)24-22-7-9-8-26-15-2-1-12(21)6-14(15)16(9)20/h1-7H,8H2,(H2,23,24,25)/b22-7+. The molecule has 9 heteroatoms. The highest BCUT2D eigenvalue weighted by molar-refractivity contribution is 7.99. The van der Waals surface area contributed by atoms with Crippen molar-refractivity contribution in [3.8, 4) is 0 Å². The SMILES string of the molecule is O=C(N/N=C/C1=C(Cl)c2cc(F)ccc2SC1)Nc1cc(Cl)cc(Cl)c1. The lowest BCUT2D eigenvalue weighted by molar-refractivity contribution is 0.252. The first kappa shape index (κ1) is 19.0. The molecule has 0 unspecified atom stereocenters. The van der Waals surface area contributed by atoms with Crippen LogP contribution < -0.4 is 10.7 Å². The number of nitrogens with one attached hydrogen (secondary N) is 2. The molecule has 134 valence electrons. The number of fused-ring (bicyclic) bond motifs is 1. The van der Waals surface area contributed by atoms with Crippen molar-refractivity contribution in [3.05, 3.63) is 63.4 Å². The summed E-state index contributed by atoms with van der Waals surface area (Å²) < 4.78 is 13.4. The number of carbonyl (C=O) groups excluding carboxylic acids is 1. The highest BCUT2D eigenvalue weighted by atomic mass is 35.5. The Balaban J connectivity index is 1.66. The van der Waals surface area contributed by atoms with E-state index in [2.05, 4.69) is 15.8 Å². The van der Waals surface area contributed by atoms with Crippen LogP contribution in [0.25, 0.3) is 5.03 Å². The number of carbonyl (C=O) groups is 1. The fourth-order valence-electron chi connectivity index (χ4n) is 2.24. The van der Waals surface area contributed by atoms with Crippen LogP contribution in [0.3, 0.4) is 0 Å². The number of anilines is 1. The van der Waals surface area contributed by atoms with E-state index in [0.717, 1.165) is 4.90 Å². The van der Waals surface area contributed by atoms with Crippen LogP contribution in [0.15, 0.2) is 52.0 Å². The fraction of sp³-hybridized carbons (Fsp3) is 0.0588. The summed E-state index contributed by atoms with van der Waals surface area (Å²) in [7, 11) is 0. The molecule has 2 aromatic carbocycles. The summed E-state index contributed by atoms with van der Waals surface area (Å²) in [6.45, 7) is 0. The smallest absolute Gasteiger partial charge is 0.306 e. The van der Waals surface area contributed by atoms with Gasteiger partial charge < -0.3 is 5.32 Å². The zero-order valence-electron chi connectivity index (χ0n) is 13.0. The summed E-state index contributed by atoms with van der Waals surface area (Å²) in [5.41, 5.74) is 4.06. The molecule has 2 N–H and O–H groups in total. The van der Waals surface area contributed by atoms with Crippen LogP contribution in [-0.4, -0.2) is 18.0 Å². The zero-order valence-corrected chi connectivity index (χ0v) is 16.1. The van der Waals surface area contributed by atoms with E-state index in [4.69, 9.17) is 34.8 Å². The number of thioether (sulfide) groups is 1. The molecule has 0 atom stereocenters. The molecule has 1 aliphatic rings. The molecule has 0 spiro atoms. The van der Waals surface area contributed by atoms with Gasteiger partial charge in [0.1, 0.15) is 5.82 Å². The Bertz CT molecular complexity index is 913. The molecule has 0 fully saturated rings. The van der Waals surface area contributed by atoms with E-state index in [-0.39, 0.29) is 5.82 Å². The van der Waals surface area contributed by atoms with Crippen molar-refractivity contribution in [3.63, 3.8) is 0 Å². The second-order valence-electron chi connectivity index (χ2n) is 5.25. The van der Waals surface area contributed by atoms with E-state index in [1.165, 1.54) is 30.1 Å². The summed E-state index contributed by atoms with van der Waals surface area (Å²) in [6, 6.07) is 8.56. The molecule has 0 bridgehead atoms. The number of amides is 2. The fourth-order valence-corrected chi connectivity index (χ4v) is 4.18. The van der Waals surface area contributed by atoms with Gasteiger partial charge in [-0.25, -0.2) is 14.6 Å². The van der Waals surface area contributed by atoms with Crippen molar-refractivity contribution in [2.24, 2.45) is 5.10 Å². The Labute approximate surface area is 168 Å². The minimum Gasteiger partial charge on any atom is -0.306 e. The van der Waals surface area contributed by atoms with Gasteiger partial charge in [0.25, 0.3) is 0 Å². The van der Waals surface area contributed by atoms with Crippen molar-refractivity contribution in [1.29, 1.82) is 0 Å². The van der Waals surface area contributed by atoms with Crippen LogP contribution in [0.2, 0.25) is 10.0 Å². The van der Waals surface area contributed by atoms with Gasteiger partial charge in [0.2, 0.25) is 0 Å². The molecule has 2 aromatic rings. The van der Waals surface area contributed by atoms with Gasteiger partial charge in [-0.05, 0) is 36.4 Å². The van der Waals surface area contributed by atoms with Gasteiger partial charge >= 0.3 is 6.03 Å². The second kappa shape index (κ2) is 8.31. The van der Waals surface area contributed by atoms with E-state index in [9.17, 15) is 9.18 Å². The van der Waals surface area contributed by atoms with E-state index in [0.29, 0.717) is 37.7 Å². The average Bonchev–Trinajstić information content (AvgIpc) is 2.56. The van der Waals surface area contributed by atoms with Crippen LogP contribution in [0, 0.1) is 5.82 Å². The Morgan fingerprint density at radius 2 is 1.88 bits per heavy atom. The summed E-state index contributed by atoms with van der Waals surface area (Å²) in [5, 5.41) is 7.65. The predicted molar refractivity (Wildman–Crippen MR) is 107 cm³/mol.